The zero-order chi connectivity index (χ0) is 13.8. The fourth-order valence-electron chi connectivity index (χ4n) is 1.91. The van der Waals surface area contributed by atoms with Crippen LogP contribution in [0.1, 0.15) is 25.3 Å². The van der Waals surface area contributed by atoms with Crippen molar-refractivity contribution in [3.8, 4) is 11.3 Å². The van der Waals surface area contributed by atoms with E-state index in [1.54, 1.807) is 6.20 Å². The van der Waals surface area contributed by atoms with Crippen molar-refractivity contribution >= 4 is 15.9 Å². The Bertz CT molecular complexity index is 529. The summed E-state index contributed by atoms with van der Waals surface area (Å²) in [6, 6.07) is 6.71. The van der Waals surface area contributed by atoms with Gasteiger partial charge >= 0.3 is 0 Å². The van der Waals surface area contributed by atoms with Gasteiger partial charge in [-0.2, -0.15) is 0 Å². The zero-order valence-electron chi connectivity index (χ0n) is 11.5. The average molecular weight is 323 g/mol. The van der Waals surface area contributed by atoms with Gasteiger partial charge in [0, 0.05) is 29.0 Å². The Morgan fingerprint density at radius 3 is 2.79 bits per heavy atom. The van der Waals surface area contributed by atoms with Crippen LogP contribution in [0.2, 0.25) is 0 Å². The molecule has 1 N–H and O–H groups in total. The van der Waals surface area contributed by atoms with Gasteiger partial charge in [0.05, 0.1) is 6.20 Å². The Hall–Kier alpha value is -1.13. The van der Waals surface area contributed by atoms with E-state index in [4.69, 9.17) is 4.42 Å². The fourth-order valence-corrected chi connectivity index (χ4v) is 2.51. The molecule has 3 nitrogen and oxygen atoms in total. The van der Waals surface area contributed by atoms with E-state index in [-0.39, 0.29) is 0 Å². The van der Waals surface area contributed by atoms with Gasteiger partial charge in [-0.1, -0.05) is 29.8 Å². The standard InChI is InChI=1S/C15H19BrN2O/c1-10(2)17-5-4-15-18-9-14(19-15)12-6-11(3)7-13(16)8-12/h6-10,17H,4-5H2,1-3H3. The number of halogens is 1. The lowest BCUT2D eigenvalue weighted by molar-refractivity contribution is 0.484. The molecule has 0 bridgehead atoms. The van der Waals surface area contributed by atoms with Crippen LogP contribution >= 0.6 is 15.9 Å². The SMILES string of the molecule is Cc1cc(Br)cc(-c2cnc(CCNC(C)C)o2)c1. The molecule has 0 atom stereocenters. The number of benzene rings is 1. The Morgan fingerprint density at radius 1 is 1.32 bits per heavy atom. The Kier molecular flexibility index (Phi) is 4.77. The number of nitrogens with zero attached hydrogens (tertiary/aromatic N) is 1. The lowest BCUT2D eigenvalue weighted by atomic mass is 10.1. The molecule has 1 aromatic carbocycles. The third-order valence-electron chi connectivity index (χ3n) is 2.77. The van der Waals surface area contributed by atoms with Gasteiger partial charge in [0.25, 0.3) is 0 Å². The maximum absolute atomic E-state index is 5.79. The first-order valence-electron chi connectivity index (χ1n) is 6.50. The molecular weight excluding hydrogens is 304 g/mol. The summed E-state index contributed by atoms with van der Waals surface area (Å²) in [5, 5.41) is 3.35. The highest BCUT2D eigenvalue weighted by Gasteiger charge is 2.07. The molecule has 0 unspecified atom stereocenters. The lowest BCUT2D eigenvalue weighted by Gasteiger charge is -2.05. The molecule has 0 spiro atoms. The van der Waals surface area contributed by atoms with Gasteiger partial charge in [-0.25, -0.2) is 4.98 Å². The van der Waals surface area contributed by atoms with E-state index in [0.717, 1.165) is 34.7 Å². The molecule has 2 aromatic rings. The van der Waals surface area contributed by atoms with Crippen LogP contribution in [0.5, 0.6) is 0 Å². The summed E-state index contributed by atoms with van der Waals surface area (Å²) < 4.78 is 6.85. The highest BCUT2D eigenvalue weighted by molar-refractivity contribution is 9.10. The smallest absolute Gasteiger partial charge is 0.196 e. The van der Waals surface area contributed by atoms with E-state index in [1.165, 1.54) is 5.56 Å². The molecule has 0 aliphatic heterocycles. The highest BCUT2D eigenvalue weighted by Crippen LogP contribution is 2.25. The van der Waals surface area contributed by atoms with Gasteiger partial charge in [0.1, 0.15) is 0 Å². The second kappa shape index (κ2) is 6.35. The van der Waals surface area contributed by atoms with Crippen molar-refractivity contribution in [3.05, 3.63) is 40.3 Å². The van der Waals surface area contributed by atoms with E-state index in [2.05, 4.69) is 59.1 Å². The maximum atomic E-state index is 5.79. The summed E-state index contributed by atoms with van der Waals surface area (Å²) >= 11 is 3.50. The molecule has 0 saturated carbocycles. The van der Waals surface area contributed by atoms with Crippen LogP contribution in [0.3, 0.4) is 0 Å². The quantitative estimate of drug-likeness (QED) is 0.905. The van der Waals surface area contributed by atoms with Crippen LogP contribution in [0.15, 0.2) is 33.3 Å². The van der Waals surface area contributed by atoms with Gasteiger partial charge in [0.15, 0.2) is 11.7 Å². The summed E-state index contributed by atoms with van der Waals surface area (Å²) in [5.74, 6) is 1.60. The minimum atomic E-state index is 0.488. The third kappa shape index (κ3) is 4.18. The lowest BCUT2D eigenvalue weighted by Crippen LogP contribution is -2.24. The molecule has 0 amide bonds. The average Bonchev–Trinajstić information content (AvgIpc) is 2.76. The van der Waals surface area contributed by atoms with E-state index in [0.29, 0.717) is 6.04 Å². The van der Waals surface area contributed by atoms with Gasteiger partial charge in [-0.3, -0.25) is 0 Å². The second-order valence-corrected chi connectivity index (χ2v) is 5.91. The largest absolute Gasteiger partial charge is 0.441 e. The van der Waals surface area contributed by atoms with Crippen LogP contribution in [0.25, 0.3) is 11.3 Å². The van der Waals surface area contributed by atoms with Crippen LogP contribution in [-0.2, 0) is 6.42 Å². The molecular formula is C15H19BrN2O. The van der Waals surface area contributed by atoms with Crippen LogP contribution in [-0.4, -0.2) is 17.6 Å². The molecule has 2 rings (SSSR count). The molecule has 19 heavy (non-hydrogen) atoms. The Morgan fingerprint density at radius 2 is 2.11 bits per heavy atom. The van der Waals surface area contributed by atoms with Crippen LogP contribution in [0, 0.1) is 6.92 Å². The van der Waals surface area contributed by atoms with Gasteiger partial charge in [-0.15, -0.1) is 0 Å². The van der Waals surface area contributed by atoms with Crippen LogP contribution < -0.4 is 5.32 Å². The first kappa shape index (κ1) is 14.3. The minimum absolute atomic E-state index is 0.488. The minimum Gasteiger partial charge on any atom is -0.441 e. The first-order valence-corrected chi connectivity index (χ1v) is 7.29. The first-order chi connectivity index (χ1) is 9.04. The molecule has 0 radical (unpaired) electrons. The Balaban J connectivity index is 2.07. The normalized spacial score (nSPS) is 11.2. The van der Waals surface area contributed by atoms with Crippen molar-refractivity contribution < 1.29 is 4.42 Å². The van der Waals surface area contributed by atoms with Crippen molar-refractivity contribution in [2.24, 2.45) is 0 Å². The molecule has 0 fully saturated rings. The predicted molar refractivity (Wildman–Crippen MR) is 81.2 cm³/mol. The molecule has 0 saturated heterocycles. The van der Waals surface area contributed by atoms with Crippen molar-refractivity contribution in [2.75, 3.05) is 6.54 Å². The van der Waals surface area contributed by atoms with Crippen LogP contribution in [0.4, 0.5) is 0 Å². The van der Waals surface area contributed by atoms with Gasteiger partial charge < -0.3 is 9.73 Å². The van der Waals surface area contributed by atoms with E-state index in [9.17, 15) is 0 Å². The molecule has 102 valence electrons. The molecule has 1 heterocycles. The summed E-state index contributed by atoms with van der Waals surface area (Å²) in [6.45, 7) is 7.21. The van der Waals surface area contributed by atoms with E-state index < -0.39 is 0 Å². The maximum Gasteiger partial charge on any atom is 0.196 e. The van der Waals surface area contributed by atoms with Crippen molar-refractivity contribution in [3.63, 3.8) is 0 Å². The second-order valence-electron chi connectivity index (χ2n) is 4.99. The summed E-state index contributed by atoms with van der Waals surface area (Å²) in [6.07, 6.45) is 2.61. The Labute approximate surface area is 122 Å². The highest BCUT2D eigenvalue weighted by atomic mass is 79.9. The fraction of sp³-hybridized carbons (Fsp3) is 0.400. The van der Waals surface area contributed by atoms with Gasteiger partial charge in [0.2, 0.25) is 0 Å². The topological polar surface area (TPSA) is 38.1 Å². The molecule has 0 aliphatic rings. The van der Waals surface area contributed by atoms with E-state index >= 15 is 0 Å². The van der Waals surface area contributed by atoms with Crippen molar-refractivity contribution in [2.45, 2.75) is 33.2 Å². The van der Waals surface area contributed by atoms with Gasteiger partial charge in [-0.05, 0) is 30.7 Å². The number of hydrogen-bond donors (Lipinski definition) is 1. The predicted octanol–water partition coefficient (Wildman–Crippen LogP) is 3.95. The third-order valence-corrected chi connectivity index (χ3v) is 3.23. The monoisotopic (exact) mass is 322 g/mol. The zero-order valence-corrected chi connectivity index (χ0v) is 13.1. The summed E-state index contributed by atoms with van der Waals surface area (Å²) in [4.78, 5) is 4.33. The van der Waals surface area contributed by atoms with Crippen molar-refractivity contribution in [1.29, 1.82) is 0 Å². The van der Waals surface area contributed by atoms with E-state index in [1.807, 2.05) is 6.07 Å². The number of aromatic nitrogens is 1. The number of hydrogen-bond acceptors (Lipinski definition) is 3. The molecule has 0 aliphatic carbocycles. The summed E-state index contributed by atoms with van der Waals surface area (Å²) in [7, 11) is 0. The number of oxazole rings is 1. The van der Waals surface area contributed by atoms with Crippen molar-refractivity contribution in [1.82, 2.24) is 10.3 Å². The molecule has 1 aromatic heterocycles. The number of rotatable bonds is 5. The number of nitrogens with one attached hydrogen (secondary N) is 1. The summed E-state index contributed by atoms with van der Waals surface area (Å²) in [5.41, 5.74) is 2.26. The molecule has 4 heteroatoms. The number of aryl methyl sites for hydroxylation is 1.